The topological polar surface area (TPSA) is 18.5 Å². The second-order valence-electron chi connectivity index (χ2n) is 6.06. The molecule has 1 rings (SSSR count). The summed E-state index contributed by atoms with van der Waals surface area (Å²) in [5.41, 5.74) is 1.45. The minimum Gasteiger partial charge on any atom is -0.355 e. The van der Waals surface area contributed by atoms with Crippen LogP contribution < -0.4 is 0 Å². The standard InChI is InChI=1S/C17H28O2/c1-5-17(4,11-15(2)3)13-19-14-18-12-16-9-7-6-8-10-16/h6-10,15H,5,11-14H2,1-4H3. The summed E-state index contributed by atoms with van der Waals surface area (Å²) in [6.45, 7) is 10.8. The zero-order valence-electron chi connectivity index (χ0n) is 12.8. The first-order valence-electron chi connectivity index (χ1n) is 7.25. The molecule has 0 radical (unpaired) electrons. The van der Waals surface area contributed by atoms with Gasteiger partial charge in [-0.05, 0) is 29.7 Å². The molecule has 0 N–H and O–H groups in total. The van der Waals surface area contributed by atoms with Crippen LogP contribution in [0.1, 0.15) is 46.1 Å². The van der Waals surface area contributed by atoms with Crippen molar-refractivity contribution in [3.63, 3.8) is 0 Å². The Morgan fingerprint density at radius 2 is 1.79 bits per heavy atom. The Hall–Kier alpha value is -0.860. The fraction of sp³-hybridized carbons (Fsp3) is 0.647. The number of hydrogen-bond acceptors (Lipinski definition) is 2. The summed E-state index contributed by atoms with van der Waals surface area (Å²) >= 11 is 0. The van der Waals surface area contributed by atoms with Crippen molar-refractivity contribution in [2.75, 3.05) is 13.4 Å². The molecule has 0 aromatic heterocycles. The van der Waals surface area contributed by atoms with E-state index in [0.29, 0.717) is 19.3 Å². The highest BCUT2D eigenvalue weighted by atomic mass is 16.7. The summed E-state index contributed by atoms with van der Waals surface area (Å²) in [6, 6.07) is 10.2. The van der Waals surface area contributed by atoms with E-state index in [4.69, 9.17) is 9.47 Å². The fourth-order valence-corrected chi connectivity index (χ4v) is 2.37. The van der Waals surface area contributed by atoms with Gasteiger partial charge in [0.15, 0.2) is 0 Å². The average Bonchev–Trinajstić information content (AvgIpc) is 2.39. The maximum absolute atomic E-state index is 5.69. The highest BCUT2D eigenvalue weighted by Gasteiger charge is 2.23. The van der Waals surface area contributed by atoms with Crippen molar-refractivity contribution in [2.24, 2.45) is 11.3 Å². The molecule has 0 saturated heterocycles. The van der Waals surface area contributed by atoms with Gasteiger partial charge in [-0.15, -0.1) is 0 Å². The molecule has 2 nitrogen and oxygen atoms in total. The van der Waals surface area contributed by atoms with E-state index < -0.39 is 0 Å². The van der Waals surface area contributed by atoms with Gasteiger partial charge in [-0.3, -0.25) is 0 Å². The van der Waals surface area contributed by atoms with Gasteiger partial charge in [0.2, 0.25) is 0 Å². The summed E-state index contributed by atoms with van der Waals surface area (Å²) in [6.07, 6.45) is 2.34. The van der Waals surface area contributed by atoms with Crippen LogP contribution >= 0.6 is 0 Å². The summed E-state index contributed by atoms with van der Waals surface area (Å²) in [4.78, 5) is 0. The quantitative estimate of drug-likeness (QED) is 0.478. The van der Waals surface area contributed by atoms with Crippen molar-refractivity contribution in [2.45, 2.75) is 47.1 Å². The Morgan fingerprint density at radius 3 is 2.37 bits per heavy atom. The van der Waals surface area contributed by atoms with Crippen molar-refractivity contribution in [1.29, 1.82) is 0 Å². The van der Waals surface area contributed by atoms with Crippen LogP contribution in [0.3, 0.4) is 0 Å². The summed E-state index contributed by atoms with van der Waals surface area (Å²) in [7, 11) is 0. The lowest BCUT2D eigenvalue weighted by Gasteiger charge is -2.29. The van der Waals surface area contributed by atoms with Crippen LogP contribution in [0.15, 0.2) is 30.3 Å². The maximum atomic E-state index is 5.69. The number of ether oxygens (including phenoxy) is 2. The second kappa shape index (κ2) is 8.34. The average molecular weight is 264 g/mol. The first-order valence-corrected chi connectivity index (χ1v) is 7.25. The van der Waals surface area contributed by atoms with Crippen molar-refractivity contribution in [1.82, 2.24) is 0 Å². The third-order valence-electron chi connectivity index (χ3n) is 3.48. The Bertz CT molecular complexity index is 334. The Balaban J connectivity index is 2.19. The SMILES string of the molecule is CCC(C)(COCOCc1ccccc1)CC(C)C. The minimum absolute atomic E-state index is 0.268. The number of hydrogen-bond donors (Lipinski definition) is 0. The summed E-state index contributed by atoms with van der Waals surface area (Å²) < 4.78 is 11.2. The zero-order valence-corrected chi connectivity index (χ0v) is 12.8. The van der Waals surface area contributed by atoms with Gasteiger partial charge in [-0.1, -0.05) is 58.0 Å². The fourth-order valence-electron chi connectivity index (χ4n) is 2.37. The van der Waals surface area contributed by atoms with E-state index in [-0.39, 0.29) is 5.41 Å². The van der Waals surface area contributed by atoms with Gasteiger partial charge in [-0.25, -0.2) is 0 Å². The number of rotatable bonds is 9. The Morgan fingerprint density at radius 1 is 1.11 bits per heavy atom. The van der Waals surface area contributed by atoms with Gasteiger partial charge in [0.1, 0.15) is 6.79 Å². The maximum Gasteiger partial charge on any atom is 0.147 e. The molecule has 108 valence electrons. The monoisotopic (exact) mass is 264 g/mol. The first-order chi connectivity index (χ1) is 9.06. The summed E-state index contributed by atoms with van der Waals surface area (Å²) in [5.74, 6) is 0.707. The molecule has 0 bridgehead atoms. The van der Waals surface area contributed by atoms with E-state index in [9.17, 15) is 0 Å². The molecule has 1 atom stereocenters. The Kier molecular flexibility index (Phi) is 7.11. The molecular formula is C17H28O2. The molecule has 19 heavy (non-hydrogen) atoms. The molecule has 0 heterocycles. The molecule has 0 spiro atoms. The molecule has 0 amide bonds. The molecule has 1 aromatic rings. The van der Waals surface area contributed by atoms with Gasteiger partial charge in [0.25, 0.3) is 0 Å². The van der Waals surface area contributed by atoms with Crippen LogP contribution in [0.4, 0.5) is 0 Å². The van der Waals surface area contributed by atoms with Gasteiger partial charge in [-0.2, -0.15) is 0 Å². The van der Waals surface area contributed by atoms with Crippen molar-refractivity contribution in [3.05, 3.63) is 35.9 Å². The van der Waals surface area contributed by atoms with Crippen LogP contribution in [0.5, 0.6) is 0 Å². The van der Waals surface area contributed by atoms with Crippen LogP contribution in [0.2, 0.25) is 0 Å². The van der Waals surface area contributed by atoms with Gasteiger partial charge >= 0.3 is 0 Å². The third kappa shape index (κ3) is 6.74. The van der Waals surface area contributed by atoms with E-state index in [1.54, 1.807) is 0 Å². The molecular weight excluding hydrogens is 236 g/mol. The smallest absolute Gasteiger partial charge is 0.147 e. The predicted molar refractivity (Wildman–Crippen MR) is 79.9 cm³/mol. The zero-order chi connectivity index (χ0) is 14.1. The van der Waals surface area contributed by atoms with E-state index in [0.717, 1.165) is 13.0 Å². The molecule has 0 saturated carbocycles. The summed E-state index contributed by atoms with van der Waals surface area (Å²) in [5, 5.41) is 0. The molecule has 0 fully saturated rings. The molecule has 2 heteroatoms. The van der Waals surface area contributed by atoms with Gasteiger partial charge in [0, 0.05) is 0 Å². The van der Waals surface area contributed by atoms with Crippen molar-refractivity contribution >= 4 is 0 Å². The van der Waals surface area contributed by atoms with E-state index in [2.05, 4.69) is 39.8 Å². The van der Waals surface area contributed by atoms with E-state index >= 15 is 0 Å². The third-order valence-corrected chi connectivity index (χ3v) is 3.48. The molecule has 0 aliphatic rings. The minimum atomic E-state index is 0.268. The lowest BCUT2D eigenvalue weighted by atomic mass is 9.80. The molecule has 1 unspecified atom stereocenters. The Labute approximate surface area is 118 Å². The highest BCUT2D eigenvalue weighted by molar-refractivity contribution is 5.13. The highest BCUT2D eigenvalue weighted by Crippen LogP contribution is 2.29. The molecule has 0 aliphatic heterocycles. The number of benzene rings is 1. The van der Waals surface area contributed by atoms with E-state index in [1.165, 1.54) is 12.0 Å². The van der Waals surface area contributed by atoms with Crippen LogP contribution in [0.25, 0.3) is 0 Å². The lowest BCUT2D eigenvalue weighted by molar-refractivity contribution is -0.0893. The lowest BCUT2D eigenvalue weighted by Crippen LogP contribution is -2.25. The largest absolute Gasteiger partial charge is 0.355 e. The normalized spacial score (nSPS) is 14.6. The van der Waals surface area contributed by atoms with Crippen LogP contribution in [0, 0.1) is 11.3 Å². The second-order valence-corrected chi connectivity index (χ2v) is 6.06. The van der Waals surface area contributed by atoms with Crippen LogP contribution in [-0.4, -0.2) is 13.4 Å². The van der Waals surface area contributed by atoms with Gasteiger partial charge in [0.05, 0.1) is 13.2 Å². The molecule has 0 aliphatic carbocycles. The van der Waals surface area contributed by atoms with E-state index in [1.807, 2.05) is 18.2 Å². The van der Waals surface area contributed by atoms with Crippen molar-refractivity contribution < 1.29 is 9.47 Å². The van der Waals surface area contributed by atoms with Gasteiger partial charge < -0.3 is 9.47 Å². The molecule has 1 aromatic carbocycles. The first kappa shape index (κ1) is 16.2. The van der Waals surface area contributed by atoms with Crippen molar-refractivity contribution in [3.8, 4) is 0 Å². The predicted octanol–water partition coefficient (Wildman–Crippen LogP) is 4.64. The van der Waals surface area contributed by atoms with Crippen LogP contribution in [-0.2, 0) is 16.1 Å².